The largest absolute Gasteiger partial charge is 0.413 e. The second kappa shape index (κ2) is 6.07. The highest BCUT2D eigenvalue weighted by Gasteiger charge is 2.60. The van der Waals surface area contributed by atoms with Crippen LogP contribution in [-0.4, -0.2) is 44.1 Å². The van der Waals surface area contributed by atoms with E-state index >= 15 is 0 Å². The summed E-state index contributed by atoms with van der Waals surface area (Å²) >= 11 is 6.05. The smallest absolute Gasteiger partial charge is 0.298 e. The molecule has 0 spiro atoms. The topological polar surface area (TPSA) is 60.1 Å². The Bertz CT molecular complexity index is 1020. The Kier molecular flexibility index (Phi) is 4.47. The number of hydrogen-bond acceptors (Lipinski definition) is 4. The van der Waals surface area contributed by atoms with Gasteiger partial charge in [0.15, 0.2) is 10.7 Å². The third-order valence-electron chi connectivity index (χ3n) is 5.22. The maximum atomic E-state index is 14.2. The highest BCUT2D eigenvalue weighted by atomic mass is 35.5. The van der Waals surface area contributed by atoms with Crippen molar-refractivity contribution in [2.24, 2.45) is 7.05 Å². The number of pyridine rings is 1. The molecule has 0 aliphatic carbocycles. The molecule has 1 saturated heterocycles. The van der Waals surface area contributed by atoms with Crippen molar-refractivity contribution in [2.75, 3.05) is 13.1 Å². The van der Waals surface area contributed by atoms with Gasteiger partial charge in [0.05, 0.1) is 5.39 Å². The SMILES string of the molecule is Cn1nc(Cl)c2cn(C3(C(F)(F)F)CCN(C(C)(C)C)C3)c(=O)cc2c1=O. The quantitative estimate of drug-likeness (QED) is 0.732. The Hall–Kier alpha value is -1.87. The summed E-state index contributed by atoms with van der Waals surface area (Å²) < 4.78 is 44.2. The van der Waals surface area contributed by atoms with Crippen LogP contribution in [0.1, 0.15) is 27.2 Å². The molecule has 0 radical (unpaired) electrons. The average molecular weight is 405 g/mol. The zero-order valence-corrected chi connectivity index (χ0v) is 16.1. The minimum absolute atomic E-state index is 0.0252. The summed E-state index contributed by atoms with van der Waals surface area (Å²) in [4.78, 5) is 26.5. The molecule has 148 valence electrons. The summed E-state index contributed by atoms with van der Waals surface area (Å²) in [6.07, 6.45) is -3.91. The molecule has 27 heavy (non-hydrogen) atoms. The average Bonchev–Trinajstić information content (AvgIpc) is 2.98. The minimum Gasteiger partial charge on any atom is -0.298 e. The number of hydrogen-bond donors (Lipinski definition) is 0. The molecule has 0 N–H and O–H groups in total. The number of aromatic nitrogens is 3. The van der Waals surface area contributed by atoms with E-state index in [0.717, 1.165) is 16.9 Å². The fourth-order valence-corrected chi connectivity index (χ4v) is 3.81. The molecule has 0 aromatic carbocycles. The summed E-state index contributed by atoms with van der Waals surface area (Å²) in [6.45, 7) is 5.31. The molecule has 1 atom stereocenters. The summed E-state index contributed by atoms with van der Waals surface area (Å²) in [6, 6.07) is 0.915. The van der Waals surface area contributed by atoms with Crippen LogP contribution in [0.25, 0.3) is 10.8 Å². The first-order valence-corrected chi connectivity index (χ1v) is 8.77. The monoisotopic (exact) mass is 404 g/mol. The first-order chi connectivity index (χ1) is 12.3. The molecule has 1 aliphatic rings. The second-order valence-electron chi connectivity index (χ2n) is 7.90. The third kappa shape index (κ3) is 3.06. The molecule has 1 unspecified atom stereocenters. The summed E-state index contributed by atoms with van der Waals surface area (Å²) in [7, 11) is 1.36. The van der Waals surface area contributed by atoms with Gasteiger partial charge >= 0.3 is 6.18 Å². The molecule has 3 rings (SSSR count). The molecule has 10 heteroatoms. The molecule has 0 saturated carbocycles. The Morgan fingerprint density at radius 2 is 1.81 bits per heavy atom. The third-order valence-corrected chi connectivity index (χ3v) is 5.50. The maximum Gasteiger partial charge on any atom is 0.413 e. The molecule has 2 aromatic heterocycles. The summed E-state index contributed by atoms with van der Waals surface area (Å²) in [5.74, 6) is 0. The van der Waals surface area contributed by atoms with E-state index in [1.807, 2.05) is 20.8 Å². The zero-order valence-electron chi connectivity index (χ0n) is 15.4. The van der Waals surface area contributed by atoms with Crippen LogP contribution in [-0.2, 0) is 12.6 Å². The second-order valence-corrected chi connectivity index (χ2v) is 8.26. The van der Waals surface area contributed by atoms with Crippen molar-refractivity contribution in [1.82, 2.24) is 19.2 Å². The van der Waals surface area contributed by atoms with E-state index in [9.17, 15) is 22.8 Å². The van der Waals surface area contributed by atoms with Crippen molar-refractivity contribution >= 4 is 22.4 Å². The van der Waals surface area contributed by atoms with Crippen LogP contribution in [0, 0.1) is 0 Å². The standard InChI is InChI=1S/C17H20ClF3N4O2/c1-15(2,3)24-6-5-16(9-24,17(19,20)21)25-8-11-10(7-12(25)26)14(27)23(4)22-13(11)18/h7-8H,5-6,9H2,1-4H3. The van der Waals surface area contributed by atoms with Crippen LogP contribution in [0.3, 0.4) is 0 Å². The van der Waals surface area contributed by atoms with Crippen LogP contribution >= 0.6 is 11.6 Å². The van der Waals surface area contributed by atoms with E-state index in [2.05, 4.69) is 5.10 Å². The van der Waals surface area contributed by atoms with E-state index in [1.54, 1.807) is 4.90 Å². The van der Waals surface area contributed by atoms with Gasteiger partial charge in [-0.1, -0.05) is 11.6 Å². The first kappa shape index (κ1) is 19.9. The zero-order chi connectivity index (χ0) is 20.4. The van der Waals surface area contributed by atoms with Crippen molar-refractivity contribution in [3.05, 3.63) is 38.1 Å². The van der Waals surface area contributed by atoms with Gasteiger partial charge in [0.1, 0.15) is 0 Å². The number of aryl methyl sites for hydroxylation is 1. The lowest BCUT2D eigenvalue weighted by Gasteiger charge is -2.37. The van der Waals surface area contributed by atoms with Crippen molar-refractivity contribution in [3.8, 4) is 0 Å². The predicted molar refractivity (Wildman–Crippen MR) is 96.2 cm³/mol. The van der Waals surface area contributed by atoms with Gasteiger partial charge in [-0.15, -0.1) is 0 Å². The van der Waals surface area contributed by atoms with E-state index in [4.69, 9.17) is 11.6 Å². The number of nitrogens with zero attached hydrogens (tertiary/aromatic N) is 4. The molecule has 0 bridgehead atoms. The number of rotatable bonds is 1. The van der Waals surface area contributed by atoms with Crippen LogP contribution in [0.4, 0.5) is 13.2 Å². The summed E-state index contributed by atoms with van der Waals surface area (Å²) in [5, 5.41) is 3.64. The number of fused-ring (bicyclic) bond motifs is 1. The Balaban J connectivity index is 2.29. The van der Waals surface area contributed by atoms with Crippen molar-refractivity contribution in [1.29, 1.82) is 0 Å². The Labute approximate surface area is 158 Å². The van der Waals surface area contributed by atoms with Gasteiger partial charge in [-0.05, 0) is 27.2 Å². The Morgan fingerprint density at radius 1 is 1.19 bits per heavy atom. The predicted octanol–water partition coefficient (Wildman–Crippen LogP) is 2.51. The highest BCUT2D eigenvalue weighted by Crippen LogP contribution is 2.45. The van der Waals surface area contributed by atoms with Crippen molar-refractivity contribution in [2.45, 2.75) is 44.4 Å². The van der Waals surface area contributed by atoms with Gasteiger partial charge in [0, 0.05) is 43.3 Å². The lowest BCUT2D eigenvalue weighted by molar-refractivity contribution is -0.212. The van der Waals surface area contributed by atoms with E-state index in [0.29, 0.717) is 4.57 Å². The highest BCUT2D eigenvalue weighted by molar-refractivity contribution is 6.34. The van der Waals surface area contributed by atoms with Crippen molar-refractivity contribution < 1.29 is 13.2 Å². The van der Waals surface area contributed by atoms with Gasteiger partial charge in [-0.25, -0.2) is 4.68 Å². The summed E-state index contributed by atoms with van der Waals surface area (Å²) in [5.41, 5.74) is -4.36. The van der Waals surface area contributed by atoms with E-state index in [1.165, 1.54) is 7.05 Å². The fourth-order valence-electron chi connectivity index (χ4n) is 3.55. The van der Waals surface area contributed by atoms with Gasteiger partial charge in [0.2, 0.25) is 0 Å². The van der Waals surface area contributed by atoms with Gasteiger partial charge in [0.25, 0.3) is 11.1 Å². The molecule has 2 aromatic rings. The van der Waals surface area contributed by atoms with Gasteiger partial charge < -0.3 is 0 Å². The molecule has 6 nitrogen and oxygen atoms in total. The van der Waals surface area contributed by atoms with Crippen molar-refractivity contribution in [3.63, 3.8) is 0 Å². The minimum atomic E-state index is -4.66. The number of halogens is 4. The number of alkyl halides is 3. The molecular weight excluding hydrogens is 385 g/mol. The first-order valence-electron chi connectivity index (χ1n) is 8.39. The van der Waals surface area contributed by atoms with Crippen LogP contribution < -0.4 is 11.1 Å². The van der Waals surface area contributed by atoms with E-state index < -0.39 is 28.4 Å². The maximum absolute atomic E-state index is 14.2. The fraction of sp³-hybridized carbons (Fsp3) is 0.588. The van der Waals surface area contributed by atoms with E-state index in [-0.39, 0.29) is 35.4 Å². The van der Waals surface area contributed by atoms with Crippen LogP contribution in [0.2, 0.25) is 5.15 Å². The molecule has 1 aliphatic heterocycles. The lowest BCUT2D eigenvalue weighted by Crippen LogP contribution is -2.55. The van der Waals surface area contributed by atoms with Crippen LogP contribution in [0.5, 0.6) is 0 Å². The molecule has 1 fully saturated rings. The Morgan fingerprint density at radius 3 is 2.33 bits per heavy atom. The van der Waals surface area contributed by atoms with Gasteiger partial charge in [-0.2, -0.15) is 18.3 Å². The molecule has 0 amide bonds. The molecule has 3 heterocycles. The van der Waals surface area contributed by atoms with Crippen LogP contribution in [0.15, 0.2) is 21.9 Å². The normalized spacial score (nSPS) is 21.9. The number of likely N-dealkylation sites (tertiary alicyclic amines) is 1. The lowest BCUT2D eigenvalue weighted by atomic mass is 9.96. The molecular formula is C17H20ClF3N4O2. The van der Waals surface area contributed by atoms with Gasteiger partial charge in [-0.3, -0.25) is 19.1 Å².